The van der Waals surface area contributed by atoms with Gasteiger partial charge in [0.1, 0.15) is 0 Å². The molecule has 0 saturated heterocycles. The van der Waals surface area contributed by atoms with Gasteiger partial charge in [-0.3, -0.25) is 0 Å². The summed E-state index contributed by atoms with van der Waals surface area (Å²) in [7, 11) is 0. The van der Waals surface area contributed by atoms with Crippen LogP contribution in [-0.2, 0) is 5.41 Å². The number of anilines is 5. The molecule has 51 heavy (non-hydrogen) atoms. The van der Waals surface area contributed by atoms with Gasteiger partial charge in [-0.25, -0.2) is 0 Å². The second kappa shape index (κ2) is 11.5. The van der Waals surface area contributed by atoms with Gasteiger partial charge < -0.3 is 9.80 Å². The Morgan fingerprint density at radius 3 is 2.14 bits per heavy atom. The molecule has 0 radical (unpaired) electrons. The van der Waals surface area contributed by atoms with Crippen LogP contribution < -0.4 is 9.80 Å². The van der Waals surface area contributed by atoms with Gasteiger partial charge in [-0.05, 0) is 93.2 Å². The van der Waals surface area contributed by atoms with Crippen molar-refractivity contribution in [2.45, 2.75) is 31.7 Å². The molecule has 10 rings (SSSR count). The second-order valence-electron chi connectivity index (χ2n) is 14.5. The van der Waals surface area contributed by atoms with Gasteiger partial charge in [0, 0.05) is 33.4 Å². The van der Waals surface area contributed by atoms with Crippen LogP contribution in [0.25, 0.3) is 38.6 Å². The molecule has 1 unspecified atom stereocenters. The van der Waals surface area contributed by atoms with Gasteiger partial charge in [0.05, 0.1) is 17.4 Å². The van der Waals surface area contributed by atoms with Crippen LogP contribution in [-0.4, -0.2) is 6.04 Å². The molecule has 244 valence electrons. The van der Waals surface area contributed by atoms with Crippen molar-refractivity contribution in [3.63, 3.8) is 0 Å². The molecule has 0 saturated carbocycles. The molecule has 2 aliphatic carbocycles. The Morgan fingerprint density at radius 2 is 1.31 bits per heavy atom. The highest BCUT2D eigenvalue weighted by atomic mass is 15.2. The third-order valence-corrected chi connectivity index (χ3v) is 11.3. The summed E-state index contributed by atoms with van der Waals surface area (Å²) >= 11 is 0. The summed E-state index contributed by atoms with van der Waals surface area (Å²) in [4.78, 5) is 5.01. The van der Waals surface area contributed by atoms with E-state index in [2.05, 4.69) is 200 Å². The average molecular weight is 655 g/mol. The molecule has 0 aromatic heterocycles. The average Bonchev–Trinajstić information content (AvgIpc) is 3.64. The minimum Gasteiger partial charge on any atom is -0.333 e. The van der Waals surface area contributed by atoms with E-state index in [1.807, 2.05) is 0 Å². The summed E-state index contributed by atoms with van der Waals surface area (Å²) in [6.07, 6.45) is 7.81. The number of benzene rings is 7. The van der Waals surface area contributed by atoms with Crippen LogP contribution in [0.2, 0.25) is 0 Å². The molecular weight excluding hydrogens is 617 g/mol. The van der Waals surface area contributed by atoms with Gasteiger partial charge in [0.15, 0.2) is 0 Å². The number of rotatable bonds is 5. The van der Waals surface area contributed by atoms with Gasteiger partial charge in [-0.1, -0.05) is 147 Å². The molecular formula is C49H38N2. The fourth-order valence-electron chi connectivity index (χ4n) is 8.91. The highest BCUT2D eigenvalue weighted by molar-refractivity contribution is 6.09. The van der Waals surface area contributed by atoms with E-state index < -0.39 is 0 Å². The number of allylic oxidation sites excluding steroid dienone is 2. The van der Waals surface area contributed by atoms with E-state index in [1.54, 1.807) is 0 Å². The lowest BCUT2D eigenvalue weighted by atomic mass is 9.82. The van der Waals surface area contributed by atoms with Crippen molar-refractivity contribution in [1.82, 2.24) is 0 Å². The molecule has 0 fully saturated rings. The summed E-state index contributed by atoms with van der Waals surface area (Å²) in [6, 6.07) is 58.5. The molecule has 3 aliphatic rings. The highest BCUT2D eigenvalue weighted by Gasteiger charge is 2.37. The van der Waals surface area contributed by atoms with Crippen LogP contribution in [0.15, 0.2) is 176 Å². The number of hydrogen-bond donors (Lipinski definition) is 0. The Kier molecular flexibility index (Phi) is 6.69. The van der Waals surface area contributed by atoms with Gasteiger partial charge in [-0.15, -0.1) is 0 Å². The Morgan fingerprint density at radius 1 is 0.588 bits per heavy atom. The predicted molar refractivity (Wildman–Crippen MR) is 216 cm³/mol. The van der Waals surface area contributed by atoms with E-state index in [-0.39, 0.29) is 11.5 Å². The van der Waals surface area contributed by atoms with Crippen molar-refractivity contribution in [3.05, 3.63) is 193 Å². The van der Waals surface area contributed by atoms with Crippen LogP contribution in [0.4, 0.5) is 28.4 Å². The maximum absolute atomic E-state index is 2.54. The van der Waals surface area contributed by atoms with E-state index in [4.69, 9.17) is 0 Å². The predicted octanol–water partition coefficient (Wildman–Crippen LogP) is 13.1. The first-order valence-electron chi connectivity index (χ1n) is 18.0. The second-order valence-corrected chi connectivity index (χ2v) is 14.5. The van der Waals surface area contributed by atoms with E-state index in [0.717, 1.165) is 17.8 Å². The number of nitrogens with zero attached hydrogens (tertiary/aromatic N) is 2. The fourth-order valence-corrected chi connectivity index (χ4v) is 8.91. The molecule has 7 aromatic rings. The van der Waals surface area contributed by atoms with Crippen molar-refractivity contribution in [1.29, 1.82) is 0 Å². The maximum Gasteiger partial charge on any atom is 0.0632 e. The smallest absolute Gasteiger partial charge is 0.0632 e. The van der Waals surface area contributed by atoms with Crippen molar-refractivity contribution in [2.75, 3.05) is 9.80 Å². The molecule has 2 heteroatoms. The van der Waals surface area contributed by atoms with Crippen LogP contribution >= 0.6 is 0 Å². The number of hydrogen-bond acceptors (Lipinski definition) is 2. The van der Waals surface area contributed by atoms with E-state index in [0.29, 0.717) is 0 Å². The molecule has 0 N–H and O–H groups in total. The molecule has 1 atom stereocenters. The molecule has 7 aromatic carbocycles. The van der Waals surface area contributed by atoms with Crippen molar-refractivity contribution in [3.8, 4) is 22.3 Å². The lowest BCUT2D eigenvalue weighted by Crippen LogP contribution is -2.27. The third-order valence-electron chi connectivity index (χ3n) is 11.3. The topological polar surface area (TPSA) is 6.48 Å². The summed E-state index contributed by atoms with van der Waals surface area (Å²) in [5.41, 5.74) is 16.5. The third kappa shape index (κ3) is 4.56. The summed E-state index contributed by atoms with van der Waals surface area (Å²) in [5, 5.41) is 2.54. The number of fused-ring (bicyclic) bond motifs is 8. The zero-order valence-corrected chi connectivity index (χ0v) is 28.9. The largest absolute Gasteiger partial charge is 0.333 e. The summed E-state index contributed by atoms with van der Waals surface area (Å²) < 4.78 is 0. The normalized spacial score (nSPS) is 16.3. The quantitative estimate of drug-likeness (QED) is 0.182. The minimum atomic E-state index is -0.0513. The van der Waals surface area contributed by atoms with E-state index >= 15 is 0 Å². The molecule has 1 aliphatic heterocycles. The maximum atomic E-state index is 2.54. The first-order chi connectivity index (χ1) is 25.1. The molecule has 1 heterocycles. The molecule has 2 nitrogen and oxygen atoms in total. The lowest BCUT2D eigenvalue weighted by Gasteiger charge is -2.30. The number of para-hydroxylation sites is 1. The Labute approximate surface area is 300 Å². The standard InChI is InChI=1S/C49H38N2/c1-49(2)43-21-11-9-19-42(43)48-41-20-13-23-45(40(41)30-31-44(48)49)50(36-26-24-34(25-27-36)33-14-5-3-6-15-33)37-28-29-39-38-18-10-12-22-46(38)51(47(39)32-37)35-16-7-4-8-17-35/h3-21,23-32,46H,22H2,1-2H3. The van der Waals surface area contributed by atoms with Crippen molar-refractivity contribution >= 4 is 44.8 Å². The highest BCUT2D eigenvalue weighted by Crippen LogP contribution is 2.54. The first kappa shape index (κ1) is 29.8. The van der Waals surface area contributed by atoms with Crippen molar-refractivity contribution in [2.24, 2.45) is 0 Å². The van der Waals surface area contributed by atoms with Crippen LogP contribution in [0.3, 0.4) is 0 Å². The Hall–Kier alpha value is -6.12. The van der Waals surface area contributed by atoms with Gasteiger partial charge in [0.2, 0.25) is 0 Å². The van der Waals surface area contributed by atoms with Crippen LogP contribution in [0.1, 0.15) is 37.0 Å². The van der Waals surface area contributed by atoms with E-state index in [1.165, 1.54) is 72.4 Å². The fraction of sp³-hybridized carbons (Fsp3) is 0.102. The van der Waals surface area contributed by atoms with Gasteiger partial charge >= 0.3 is 0 Å². The van der Waals surface area contributed by atoms with Gasteiger partial charge in [-0.2, -0.15) is 0 Å². The first-order valence-corrected chi connectivity index (χ1v) is 18.0. The van der Waals surface area contributed by atoms with Crippen molar-refractivity contribution < 1.29 is 0 Å². The lowest BCUT2D eigenvalue weighted by molar-refractivity contribution is 0.661. The van der Waals surface area contributed by atoms with Crippen LogP contribution in [0.5, 0.6) is 0 Å². The summed E-state index contributed by atoms with van der Waals surface area (Å²) in [6.45, 7) is 4.72. The molecule has 0 spiro atoms. The Balaban J connectivity index is 1.19. The summed E-state index contributed by atoms with van der Waals surface area (Å²) in [5.74, 6) is 0. The van der Waals surface area contributed by atoms with E-state index in [9.17, 15) is 0 Å². The zero-order valence-electron chi connectivity index (χ0n) is 28.9. The SMILES string of the molecule is CC1(C)c2ccccc2-c2c1ccc1c(N(c3ccc(-c4ccccc4)cc3)c3ccc4c(c3)N(c3ccccc3)C3CC=CC=C43)cccc21. The monoisotopic (exact) mass is 654 g/mol. The van der Waals surface area contributed by atoms with Gasteiger partial charge in [0.25, 0.3) is 0 Å². The zero-order chi connectivity index (χ0) is 34.1. The molecule has 0 amide bonds. The molecule has 0 bridgehead atoms. The minimum absolute atomic E-state index is 0.0513. The Bertz CT molecular complexity index is 2520. The van der Waals surface area contributed by atoms with Crippen LogP contribution in [0, 0.1) is 0 Å².